The summed E-state index contributed by atoms with van der Waals surface area (Å²) in [4.78, 5) is 4.22. The molecule has 1 aliphatic rings. The predicted molar refractivity (Wildman–Crippen MR) is 40.9 cm³/mol. The largest absolute Gasteiger partial charge is 0.292 e. The van der Waals surface area contributed by atoms with Crippen LogP contribution < -0.4 is 0 Å². The molecule has 0 aromatic carbocycles. The lowest BCUT2D eigenvalue weighted by Crippen LogP contribution is -2.03. The number of allylic oxidation sites excluding steroid dienone is 1. The third-order valence-electron chi connectivity index (χ3n) is 1.56. The van der Waals surface area contributed by atoms with Crippen LogP contribution in [0, 0.1) is 5.92 Å². The maximum Gasteiger partial charge on any atom is 0.0449 e. The third kappa shape index (κ3) is 1.67. The van der Waals surface area contributed by atoms with E-state index in [2.05, 4.69) is 24.9 Å². The number of aliphatic imine (C=N–C) groups is 1. The van der Waals surface area contributed by atoms with Gasteiger partial charge in [0.05, 0.1) is 0 Å². The van der Waals surface area contributed by atoms with Crippen molar-refractivity contribution in [2.24, 2.45) is 10.9 Å². The number of hydrogen-bond acceptors (Lipinski definition) is 1. The van der Waals surface area contributed by atoms with E-state index in [-0.39, 0.29) is 0 Å². The number of nitrogens with zero attached hydrogens (tertiary/aromatic N) is 1. The summed E-state index contributed by atoms with van der Waals surface area (Å²) in [5.74, 6) is 0.657. The van der Waals surface area contributed by atoms with Crippen LogP contribution in [0.25, 0.3) is 0 Å². The molecule has 0 spiro atoms. The van der Waals surface area contributed by atoms with Crippen LogP contribution in [0.1, 0.15) is 20.3 Å². The second-order valence-electron chi connectivity index (χ2n) is 2.57. The maximum absolute atomic E-state index is 4.22. The highest BCUT2D eigenvalue weighted by Crippen LogP contribution is 2.09. The van der Waals surface area contributed by atoms with Crippen molar-refractivity contribution in [3.63, 3.8) is 0 Å². The molecule has 1 rings (SSSR count). The van der Waals surface area contributed by atoms with E-state index in [4.69, 9.17) is 0 Å². The second-order valence-corrected chi connectivity index (χ2v) is 2.57. The van der Waals surface area contributed by atoms with Crippen molar-refractivity contribution in [2.45, 2.75) is 20.3 Å². The normalized spacial score (nSPS) is 26.0. The van der Waals surface area contributed by atoms with E-state index < -0.39 is 0 Å². The molecule has 9 heavy (non-hydrogen) atoms. The van der Waals surface area contributed by atoms with E-state index in [1.54, 1.807) is 0 Å². The minimum absolute atomic E-state index is 0.657. The molecule has 50 valence electrons. The smallest absolute Gasteiger partial charge is 0.0449 e. The Balaban J connectivity index is 2.59. The monoisotopic (exact) mass is 123 g/mol. The Morgan fingerprint density at radius 2 is 2.56 bits per heavy atom. The summed E-state index contributed by atoms with van der Waals surface area (Å²) in [5.41, 5.74) is 1.38. The summed E-state index contributed by atoms with van der Waals surface area (Å²) in [6.07, 6.45) is 5.40. The van der Waals surface area contributed by atoms with Crippen molar-refractivity contribution in [3.05, 3.63) is 11.6 Å². The minimum Gasteiger partial charge on any atom is -0.292 e. The molecular weight excluding hydrogens is 110 g/mol. The summed E-state index contributed by atoms with van der Waals surface area (Å²) >= 11 is 0. The van der Waals surface area contributed by atoms with Crippen LogP contribution in [0.3, 0.4) is 0 Å². The molecule has 1 aliphatic heterocycles. The Morgan fingerprint density at radius 1 is 1.78 bits per heavy atom. The Bertz CT molecular complexity index is 145. The first-order valence-corrected chi connectivity index (χ1v) is 3.53. The molecule has 0 bridgehead atoms. The van der Waals surface area contributed by atoms with Gasteiger partial charge in [-0.3, -0.25) is 4.99 Å². The quantitative estimate of drug-likeness (QED) is 0.506. The van der Waals surface area contributed by atoms with Gasteiger partial charge in [0.2, 0.25) is 0 Å². The maximum atomic E-state index is 4.22. The van der Waals surface area contributed by atoms with Crippen LogP contribution in [-0.2, 0) is 0 Å². The molecule has 0 N–H and O–H groups in total. The van der Waals surface area contributed by atoms with Crippen LogP contribution in [-0.4, -0.2) is 12.8 Å². The van der Waals surface area contributed by atoms with Crippen molar-refractivity contribution in [2.75, 3.05) is 6.54 Å². The lowest BCUT2D eigenvalue weighted by atomic mass is 10.0. The SMILES string of the molecule is CCC1=C[C@@H](C)CN=C1. The van der Waals surface area contributed by atoms with Gasteiger partial charge in [0.1, 0.15) is 0 Å². The molecular formula is C8H13N. The molecule has 0 radical (unpaired) electrons. The molecule has 1 heteroatoms. The molecule has 1 heterocycles. The van der Waals surface area contributed by atoms with Gasteiger partial charge in [0, 0.05) is 12.8 Å². The lowest BCUT2D eigenvalue weighted by Gasteiger charge is -2.09. The fourth-order valence-electron chi connectivity index (χ4n) is 1.01. The Labute approximate surface area is 56.5 Å². The van der Waals surface area contributed by atoms with Crippen molar-refractivity contribution in [1.29, 1.82) is 0 Å². The Morgan fingerprint density at radius 3 is 3.00 bits per heavy atom. The van der Waals surface area contributed by atoms with E-state index in [9.17, 15) is 0 Å². The van der Waals surface area contributed by atoms with Gasteiger partial charge in [-0.25, -0.2) is 0 Å². The molecule has 0 saturated heterocycles. The average molecular weight is 123 g/mol. The first-order valence-electron chi connectivity index (χ1n) is 3.53. The van der Waals surface area contributed by atoms with Gasteiger partial charge in [-0.2, -0.15) is 0 Å². The number of dihydropyridines is 1. The summed E-state index contributed by atoms with van der Waals surface area (Å²) in [5, 5.41) is 0. The highest BCUT2D eigenvalue weighted by Gasteiger charge is 2.01. The van der Waals surface area contributed by atoms with E-state index >= 15 is 0 Å². The third-order valence-corrected chi connectivity index (χ3v) is 1.56. The molecule has 0 fully saturated rings. The summed E-state index contributed by atoms with van der Waals surface area (Å²) in [6.45, 7) is 5.34. The van der Waals surface area contributed by atoms with Gasteiger partial charge >= 0.3 is 0 Å². The molecule has 0 saturated carbocycles. The standard InChI is InChI=1S/C8H13N/c1-3-8-4-7(2)5-9-6-8/h4,6-7H,3,5H2,1-2H3/t7-/m1/s1. The lowest BCUT2D eigenvalue weighted by molar-refractivity contribution is 0.726. The Kier molecular flexibility index (Phi) is 2.04. The average Bonchev–Trinajstić information content (AvgIpc) is 1.88. The summed E-state index contributed by atoms with van der Waals surface area (Å²) in [7, 11) is 0. The number of rotatable bonds is 1. The highest BCUT2D eigenvalue weighted by atomic mass is 14.7. The van der Waals surface area contributed by atoms with E-state index in [0.717, 1.165) is 13.0 Å². The van der Waals surface area contributed by atoms with E-state index in [0.29, 0.717) is 5.92 Å². The molecule has 0 aliphatic carbocycles. The summed E-state index contributed by atoms with van der Waals surface area (Å²) in [6, 6.07) is 0. The van der Waals surface area contributed by atoms with Crippen molar-refractivity contribution < 1.29 is 0 Å². The summed E-state index contributed by atoms with van der Waals surface area (Å²) < 4.78 is 0. The topological polar surface area (TPSA) is 12.4 Å². The molecule has 0 unspecified atom stereocenters. The molecule has 1 nitrogen and oxygen atoms in total. The van der Waals surface area contributed by atoms with Crippen LogP contribution in [0.2, 0.25) is 0 Å². The minimum atomic E-state index is 0.657. The Hall–Kier alpha value is -0.590. The highest BCUT2D eigenvalue weighted by molar-refractivity contribution is 5.79. The first kappa shape index (κ1) is 6.53. The van der Waals surface area contributed by atoms with Crippen LogP contribution in [0.15, 0.2) is 16.6 Å². The van der Waals surface area contributed by atoms with Gasteiger partial charge in [-0.05, 0) is 17.9 Å². The van der Waals surface area contributed by atoms with Crippen LogP contribution in [0.5, 0.6) is 0 Å². The predicted octanol–water partition coefficient (Wildman–Crippen LogP) is 2.04. The molecule has 0 aromatic heterocycles. The van der Waals surface area contributed by atoms with Crippen molar-refractivity contribution >= 4 is 6.21 Å². The van der Waals surface area contributed by atoms with Gasteiger partial charge in [-0.15, -0.1) is 0 Å². The second kappa shape index (κ2) is 2.81. The molecule has 0 aromatic rings. The van der Waals surface area contributed by atoms with Crippen LogP contribution in [0.4, 0.5) is 0 Å². The van der Waals surface area contributed by atoms with E-state index in [1.807, 2.05) is 6.21 Å². The van der Waals surface area contributed by atoms with Gasteiger partial charge in [0.25, 0.3) is 0 Å². The van der Waals surface area contributed by atoms with Gasteiger partial charge in [0.15, 0.2) is 0 Å². The zero-order chi connectivity index (χ0) is 6.69. The van der Waals surface area contributed by atoms with Crippen molar-refractivity contribution in [1.82, 2.24) is 0 Å². The van der Waals surface area contributed by atoms with Crippen LogP contribution >= 0.6 is 0 Å². The van der Waals surface area contributed by atoms with Gasteiger partial charge in [-0.1, -0.05) is 19.9 Å². The van der Waals surface area contributed by atoms with E-state index in [1.165, 1.54) is 5.57 Å². The number of hydrogen-bond donors (Lipinski definition) is 0. The van der Waals surface area contributed by atoms with Gasteiger partial charge < -0.3 is 0 Å². The molecule has 0 amide bonds. The fraction of sp³-hybridized carbons (Fsp3) is 0.625. The van der Waals surface area contributed by atoms with Crippen molar-refractivity contribution in [3.8, 4) is 0 Å². The molecule has 1 atom stereocenters. The zero-order valence-corrected chi connectivity index (χ0v) is 6.09. The fourth-order valence-corrected chi connectivity index (χ4v) is 1.01. The zero-order valence-electron chi connectivity index (χ0n) is 6.09. The first-order chi connectivity index (χ1) is 4.33.